The molecule has 1 unspecified atom stereocenters. The number of para-hydroxylation sites is 1. The van der Waals surface area contributed by atoms with Crippen LogP contribution in [0.25, 0.3) is 5.69 Å². The van der Waals surface area contributed by atoms with E-state index in [2.05, 4.69) is 10.4 Å². The molecule has 6 heteroatoms. The highest BCUT2D eigenvalue weighted by Gasteiger charge is 2.32. The fourth-order valence-corrected chi connectivity index (χ4v) is 4.16. The maximum atomic E-state index is 12.5. The van der Waals surface area contributed by atoms with Gasteiger partial charge in [0.2, 0.25) is 0 Å². The van der Waals surface area contributed by atoms with Gasteiger partial charge in [-0.2, -0.15) is 16.9 Å². The molecule has 0 bridgehead atoms. The fourth-order valence-electron chi connectivity index (χ4n) is 2.86. The van der Waals surface area contributed by atoms with Gasteiger partial charge in [-0.1, -0.05) is 18.2 Å². The minimum absolute atomic E-state index is 0.174. The van der Waals surface area contributed by atoms with Gasteiger partial charge in [0, 0.05) is 12.3 Å². The van der Waals surface area contributed by atoms with Crippen molar-refractivity contribution >= 4 is 17.7 Å². The van der Waals surface area contributed by atoms with Crippen molar-refractivity contribution in [3.05, 3.63) is 47.3 Å². The van der Waals surface area contributed by atoms with E-state index in [1.807, 2.05) is 44.2 Å². The van der Waals surface area contributed by atoms with Crippen LogP contribution in [0.5, 0.6) is 0 Å². The van der Waals surface area contributed by atoms with Gasteiger partial charge in [-0.15, -0.1) is 0 Å². The summed E-state index contributed by atoms with van der Waals surface area (Å²) in [5.41, 5.74) is 2.23. The van der Waals surface area contributed by atoms with Crippen LogP contribution < -0.4 is 5.32 Å². The summed E-state index contributed by atoms with van der Waals surface area (Å²) >= 11 is 1.72. The smallest absolute Gasteiger partial charge is 0.255 e. The SMILES string of the molecule is Cc1nn(-c2ccccc2)c(C)c1C(=O)NCC1(O)CCSC1. The van der Waals surface area contributed by atoms with Crippen molar-refractivity contribution < 1.29 is 9.90 Å². The molecule has 1 atom stereocenters. The molecule has 1 amide bonds. The van der Waals surface area contributed by atoms with Gasteiger partial charge >= 0.3 is 0 Å². The van der Waals surface area contributed by atoms with Gasteiger partial charge in [0.25, 0.3) is 5.91 Å². The highest BCUT2D eigenvalue weighted by molar-refractivity contribution is 7.99. The molecular weight excluding hydrogens is 310 g/mol. The minimum Gasteiger partial charge on any atom is -0.387 e. The monoisotopic (exact) mass is 331 g/mol. The molecule has 0 aliphatic carbocycles. The van der Waals surface area contributed by atoms with Gasteiger partial charge in [0.05, 0.1) is 28.2 Å². The summed E-state index contributed by atoms with van der Waals surface area (Å²) in [6, 6.07) is 9.75. The lowest BCUT2D eigenvalue weighted by molar-refractivity contribution is 0.0612. The minimum atomic E-state index is -0.780. The van der Waals surface area contributed by atoms with Crippen LogP contribution in [0, 0.1) is 13.8 Å². The average Bonchev–Trinajstić information content (AvgIpc) is 3.10. The Morgan fingerprint density at radius 3 is 2.78 bits per heavy atom. The van der Waals surface area contributed by atoms with E-state index in [1.165, 1.54) is 0 Å². The van der Waals surface area contributed by atoms with Crippen molar-refractivity contribution in [3.63, 3.8) is 0 Å². The first-order chi connectivity index (χ1) is 11.0. The summed E-state index contributed by atoms with van der Waals surface area (Å²) < 4.78 is 1.78. The normalized spacial score (nSPS) is 20.7. The van der Waals surface area contributed by atoms with Crippen molar-refractivity contribution in [3.8, 4) is 5.69 Å². The molecule has 1 fully saturated rings. The van der Waals surface area contributed by atoms with Crippen molar-refractivity contribution in [1.82, 2.24) is 15.1 Å². The number of benzene rings is 1. The number of aromatic nitrogens is 2. The van der Waals surface area contributed by atoms with Crippen LogP contribution in [0.2, 0.25) is 0 Å². The molecule has 1 aromatic carbocycles. The second-order valence-electron chi connectivity index (χ2n) is 6.00. The third-order valence-corrected chi connectivity index (χ3v) is 5.41. The molecule has 2 aromatic rings. The molecule has 1 saturated heterocycles. The Morgan fingerprint density at radius 1 is 1.39 bits per heavy atom. The van der Waals surface area contributed by atoms with Crippen molar-refractivity contribution in [1.29, 1.82) is 0 Å². The summed E-state index contributed by atoms with van der Waals surface area (Å²) in [5, 5.41) is 17.7. The molecule has 1 aromatic heterocycles. The van der Waals surface area contributed by atoms with Crippen LogP contribution in [0.1, 0.15) is 28.2 Å². The number of thioether (sulfide) groups is 1. The van der Waals surface area contributed by atoms with Crippen LogP contribution in [-0.2, 0) is 0 Å². The zero-order chi connectivity index (χ0) is 16.4. The number of aliphatic hydroxyl groups is 1. The molecule has 3 rings (SSSR count). The molecule has 2 heterocycles. The van der Waals surface area contributed by atoms with E-state index in [0.717, 1.165) is 23.6 Å². The lowest BCUT2D eigenvalue weighted by Gasteiger charge is -2.21. The first kappa shape index (κ1) is 16.1. The number of nitrogens with zero attached hydrogens (tertiary/aromatic N) is 2. The summed E-state index contributed by atoms with van der Waals surface area (Å²) in [6.07, 6.45) is 0.721. The average molecular weight is 331 g/mol. The Labute approximate surface area is 140 Å². The van der Waals surface area contributed by atoms with Crippen molar-refractivity contribution in [2.45, 2.75) is 25.9 Å². The van der Waals surface area contributed by atoms with Gasteiger partial charge in [0.15, 0.2) is 0 Å². The first-order valence-corrected chi connectivity index (χ1v) is 8.86. The highest BCUT2D eigenvalue weighted by atomic mass is 32.2. The lowest BCUT2D eigenvalue weighted by Crippen LogP contribution is -2.43. The zero-order valence-electron chi connectivity index (χ0n) is 13.4. The van der Waals surface area contributed by atoms with E-state index in [-0.39, 0.29) is 12.5 Å². The molecule has 5 nitrogen and oxygen atoms in total. The summed E-state index contributed by atoms with van der Waals surface area (Å²) in [6.45, 7) is 4.01. The molecule has 23 heavy (non-hydrogen) atoms. The third kappa shape index (κ3) is 3.28. The Bertz CT molecular complexity index is 706. The van der Waals surface area contributed by atoms with E-state index in [1.54, 1.807) is 16.4 Å². The maximum absolute atomic E-state index is 12.5. The third-order valence-electron chi connectivity index (χ3n) is 4.18. The van der Waals surface area contributed by atoms with E-state index in [4.69, 9.17) is 0 Å². The maximum Gasteiger partial charge on any atom is 0.255 e. The summed E-state index contributed by atoms with van der Waals surface area (Å²) in [5.74, 6) is 1.44. The Morgan fingerprint density at radius 2 is 2.13 bits per heavy atom. The Kier molecular flexibility index (Phi) is 4.46. The standard InChI is InChI=1S/C17H21N3O2S/c1-12-15(16(21)18-10-17(22)8-9-23-11-17)13(2)20(19-12)14-6-4-3-5-7-14/h3-7,22H,8-11H2,1-2H3,(H,18,21). The number of nitrogens with one attached hydrogen (secondary N) is 1. The molecule has 0 spiro atoms. The van der Waals surface area contributed by atoms with E-state index in [9.17, 15) is 9.90 Å². The van der Waals surface area contributed by atoms with Crippen molar-refractivity contribution in [2.75, 3.05) is 18.1 Å². The van der Waals surface area contributed by atoms with Gasteiger partial charge in [-0.3, -0.25) is 4.79 Å². The predicted octanol–water partition coefficient (Wildman–Crippen LogP) is 2.09. The molecule has 0 saturated carbocycles. The van der Waals surface area contributed by atoms with Crippen LogP contribution in [0.15, 0.2) is 30.3 Å². The largest absolute Gasteiger partial charge is 0.387 e. The quantitative estimate of drug-likeness (QED) is 0.900. The van der Waals surface area contributed by atoms with Crippen LogP contribution >= 0.6 is 11.8 Å². The Hall–Kier alpha value is -1.79. The molecule has 0 radical (unpaired) electrons. The van der Waals surface area contributed by atoms with E-state index < -0.39 is 5.60 Å². The molecule has 1 aliphatic heterocycles. The topological polar surface area (TPSA) is 67.2 Å². The molecule has 122 valence electrons. The number of hydrogen-bond donors (Lipinski definition) is 2. The number of carbonyl (C=O) groups excluding carboxylic acids is 1. The molecule has 1 aliphatic rings. The van der Waals surface area contributed by atoms with Gasteiger partial charge in [-0.25, -0.2) is 4.68 Å². The first-order valence-electron chi connectivity index (χ1n) is 7.70. The predicted molar refractivity (Wildman–Crippen MR) is 92.3 cm³/mol. The van der Waals surface area contributed by atoms with Crippen LogP contribution in [0.4, 0.5) is 0 Å². The second-order valence-corrected chi connectivity index (χ2v) is 7.11. The van der Waals surface area contributed by atoms with Crippen LogP contribution in [0.3, 0.4) is 0 Å². The molecule has 2 N–H and O–H groups in total. The van der Waals surface area contributed by atoms with E-state index in [0.29, 0.717) is 17.0 Å². The van der Waals surface area contributed by atoms with Gasteiger partial charge in [0.1, 0.15) is 0 Å². The number of hydrogen-bond acceptors (Lipinski definition) is 4. The van der Waals surface area contributed by atoms with Crippen LogP contribution in [-0.4, -0.2) is 44.4 Å². The van der Waals surface area contributed by atoms with Gasteiger partial charge < -0.3 is 10.4 Å². The Balaban J connectivity index is 1.80. The van der Waals surface area contributed by atoms with Crippen molar-refractivity contribution in [2.24, 2.45) is 0 Å². The van der Waals surface area contributed by atoms with E-state index >= 15 is 0 Å². The number of rotatable bonds is 4. The number of amides is 1. The number of carbonyl (C=O) groups is 1. The fraction of sp³-hybridized carbons (Fsp3) is 0.412. The summed E-state index contributed by atoms with van der Waals surface area (Å²) in [4.78, 5) is 12.5. The van der Waals surface area contributed by atoms with Gasteiger partial charge in [-0.05, 0) is 38.2 Å². The zero-order valence-corrected chi connectivity index (χ0v) is 14.2. The number of aryl methyl sites for hydroxylation is 1. The summed E-state index contributed by atoms with van der Waals surface area (Å²) in [7, 11) is 0. The molecular formula is C17H21N3O2S. The lowest BCUT2D eigenvalue weighted by atomic mass is 10.0. The highest BCUT2D eigenvalue weighted by Crippen LogP contribution is 2.27. The second kappa shape index (κ2) is 6.37.